The number of halogens is 3. The largest absolute Gasteiger partial charge is 0.478 e. The molecular formula is C17H11BrCl2N2O3S. The van der Waals surface area contributed by atoms with Crippen LogP contribution in [0, 0.1) is 0 Å². The van der Waals surface area contributed by atoms with Crippen LogP contribution in [0.3, 0.4) is 0 Å². The number of aromatic carboxylic acids is 1. The zero-order chi connectivity index (χ0) is 19.3. The summed E-state index contributed by atoms with van der Waals surface area (Å²) in [4.78, 5) is 23.2. The Balaban J connectivity index is 2.03. The second-order valence-electron chi connectivity index (χ2n) is 4.94. The molecule has 134 valence electrons. The summed E-state index contributed by atoms with van der Waals surface area (Å²) in [5.74, 6) is -1.62. The van der Waals surface area contributed by atoms with Gasteiger partial charge < -0.3 is 10.4 Å². The number of benzene rings is 2. The molecule has 0 saturated carbocycles. The minimum absolute atomic E-state index is 0.0134. The first-order valence-corrected chi connectivity index (χ1v) is 9.00. The molecule has 0 aromatic heterocycles. The monoisotopic (exact) mass is 472 g/mol. The second kappa shape index (κ2) is 9.14. The Morgan fingerprint density at radius 1 is 1.15 bits per heavy atom. The molecule has 26 heavy (non-hydrogen) atoms. The molecule has 0 radical (unpaired) electrons. The lowest BCUT2D eigenvalue weighted by atomic mass is 10.2. The van der Waals surface area contributed by atoms with E-state index in [9.17, 15) is 14.7 Å². The highest BCUT2D eigenvalue weighted by Crippen LogP contribution is 2.22. The van der Waals surface area contributed by atoms with Gasteiger partial charge in [-0.05, 0) is 54.2 Å². The van der Waals surface area contributed by atoms with Crippen molar-refractivity contribution < 1.29 is 14.7 Å². The Morgan fingerprint density at radius 3 is 2.54 bits per heavy atom. The van der Waals surface area contributed by atoms with Gasteiger partial charge >= 0.3 is 5.97 Å². The fraction of sp³-hybridized carbons (Fsp3) is 0. The normalized spacial score (nSPS) is 10.6. The predicted molar refractivity (Wildman–Crippen MR) is 111 cm³/mol. The van der Waals surface area contributed by atoms with Gasteiger partial charge in [-0.25, -0.2) is 4.79 Å². The molecule has 3 N–H and O–H groups in total. The fourth-order valence-electron chi connectivity index (χ4n) is 1.91. The molecule has 0 saturated heterocycles. The summed E-state index contributed by atoms with van der Waals surface area (Å²) in [5.41, 5.74) is 0.890. The highest BCUT2D eigenvalue weighted by atomic mass is 79.9. The minimum Gasteiger partial charge on any atom is -0.478 e. The lowest BCUT2D eigenvalue weighted by molar-refractivity contribution is -0.115. The van der Waals surface area contributed by atoms with Crippen LogP contribution in [0.25, 0.3) is 6.08 Å². The topological polar surface area (TPSA) is 78.4 Å². The minimum atomic E-state index is -1.12. The third-order valence-corrected chi connectivity index (χ3v) is 4.33. The Labute approximate surface area is 173 Å². The van der Waals surface area contributed by atoms with Crippen LogP contribution in [0.15, 0.2) is 46.9 Å². The van der Waals surface area contributed by atoms with Crippen molar-refractivity contribution in [3.05, 3.63) is 68.1 Å². The Bertz CT molecular complexity index is 919. The first-order chi connectivity index (χ1) is 12.3. The van der Waals surface area contributed by atoms with Gasteiger partial charge in [-0.1, -0.05) is 45.2 Å². The van der Waals surface area contributed by atoms with E-state index in [0.717, 1.165) is 0 Å². The first kappa shape index (κ1) is 20.4. The molecule has 2 aromatic carbocycles. The van der Waals surface area contributed by atoms with E-state index in [2.05, 4.69) is 26.6 Å². The predicted octanol–water partition coefficient (Wildman–Crippen LogP) is 4.98. The summed E-state index contributed by atoms with van der Waals surface area (Å²) in [6.07, 6.45) is 2.77. The van der Waals surface area contributed by atoms with E-state index in [1.165, 1.54) is 24.3 Å². The van der Waals surface area contributed by atoms with Crippen molar-refractivity contribution in [3.63, 3.8) is 0 Å². The van der Waals surface area contributed by atoms with Crippen LogP contribution in [0.5, 0.6) is 0 Å². The number of hydrogen-bond donors (Lipinski definition) is 3. The lowest BCUT2D eigenvalue weighted by Crippen LogP contribution is -2.33. The van der Waals surface area contributed by atoms with Crippen LogP contribution >= 0.6 is 51.3 Å². The van der Waals surface area contributed by atoms with E-state index in [-0.39, 0.29) is 16.4 Å². The maximum atomic E-state index is 11.9. The maximum Gasteiger partial charge on any atom is 0.337 e. The Morgan fingerprint density at radius 2 is 1.88 bits per heavy atom. The number of carboxylic acids is 1. The summed E-state index contributed by atoms with van der Waals surface area (Å²) in [6.45, 7) is 0. The quantitative estimate of drug-likeness (QED) is 0.431. The molecule has 9 heteroatoms. The van der Waals surface area contributed by atoms with E-state index in [1.54, 1.807) is 24.3 Å². The van der Waals surface area contributed by atoms with Crippen LogP contribution < -0.4 is 10.6 Å². The number of carboxylic acid groups (broad SMARTS) is 1. The highest BCUT2D eigenvalue weighted by molar-refractivity contribution is 9.10. The molecule has 0 heterocycles. The molecule has 0 aliphatic carbocycles. The molecule has 0 fully saturated rings. The second-order valence-corrected chi connectivity index (χ2v) is 7.11. The average molecular weight is 474 g/mol. The van der Waals surface area contributed by atoms with Crippen molar-refractivity contribution in [1.29, 1.82) is 0 Å². The van der Waals surface area contributed by atoms with Gasteiger partial charge in [0.25, 0.3) is 0 Å². The maximum absolute atomic E-state index is 11.9. The highest BCUT2D eigenvalue weighted by Gasteiger charge is 2.12. The molecule has 0 unspecified atom stereocenters. The molecule has 0 spiro atoms. The summed E-state index contributed by atoms with van der Waals surface area (Å²) < 4.78 is 0.609. The molecule has 0 bridgehead atoms. The fourth-order valence-corrected chi connectivity index (χ4v) is 2.95. The van der Waals surface area contributed by atoms with Gasteiger partial charge in [0.1, 0.15) is 0 Å². The van der Waals surface area contributed by atoms with Crippen LogP contribution in [0.2, 0.25) is 10.0 Å². The zero-order valence-electron chi connectivity index (χ0n) is 12.9. The van der Waals surface area contributed by atoms with Crippen molar-refractivity contribution in [1.82, 2.24) is 5.32 Å². The number of anilines is 1. The number of nitrogens with one attached hydrogen (secondary N) is 2. The number of carbonyl (C=O) groups is 2. The summed E-state index contributed by atoms with van der Waals surface area (Å²) in [7, 11) is 0. The molecule has 2 rings (SSSR count). The molecule has 5 nitrogen and oxygen atoms in total. The number of hydrogen-bond acceptors (Lipinski definition) is 3. The van der Waals surface area contributed by atoms with E-state index in [0.29, 0.717) is 20.1 Å². The van der Waals surface area contributed by atoms with Gasteiger partial charge in [0.2, 0.25) is 5.91 Å². The van der Waals surface area contributed by atoms with E-state index < -0.39 is 11.9 Å². The molecule has 0 atom stereocenters. The van der Waals surface area contributed by atoms with Gasteiger partial charge in [0.05, 0.1) is 11.3 Å². The summed E-state index contributed by atoms with van der Waals surface area (Å²) in [6, 6.07) is 9.51. The third-order valence-electron chi connectivity index (χ3n) is 3.07. The molecule has 2 aromatic rings. The van der Waals surface area contributed by atoms with Gasteiger partial charge in [0.15, 0.2) is 5.11 Å². The molecule has 0 aliphatic rings. The van der Waals surface area contributed by atoms with Gasteiger partial charge in [-0.15, -0.1) is 0 Å². The van der Waals surface area contributed by atoms with Gasteiger partial charge in [-0.2, -0.15) is 0 Å². The Kier molecular flexibility index (Phi) is 7.16. The van der Waals surface area contributed by atoms with Crippen LogP contribution in [0.4, 0.5) is 5.69 Å². The van der Waals surface area contributed by atoms with E-state index >= 15 is 0 Å². The van der Waals surface area contributed by atoms with Crippen LogP contribution in [-0.4, -0.2) is 22.1 Å². The first-order valence-electron chi connectivity index (χ1n) is 7.04. The third kappa shape index (κ3) is 5.81. The van der Waals surface area contributed by atoms with Gasteiger partial charge in [0, 0.05) is 20.6 Å². The van der Waals surface area contributed by atoms with Crippen LogP contribution in [-0.2, 0) is 4.79 Å². The molecule has 1 amide bonds. The summed E-state index contributed by atoms with van der Waals surface area (Å²) in [5, 5.41) is 15.2. The van der Waals surface area contributed by atoms with Crippen molar-refractivity contribution in [2.45, 2.75) is 0 Å². The number of thiocarbonyl (C=S) groups is 1. The zero-order valence-corrected chi connectivity index (χ0v) is 16.8. The molecule has 0 aliphatic heterocycles. The molecular weight excluding hydrogens is 463 g/mol. The van der Waals surface area contributed by atoms with Gasteiger partial charge in [-0.3, -0.25) is 10.1 Å². The number of amides is 1. The Hall–Kier alpha value is -1.93. The van der Waals surface area contributed by atoms with E-state index in [4.69, 9.17) is 35.4 Å². The van der Waals surface area contributed by atoms with Crippen molar-refractivity contribution in [2.24, 2.45) is 0 Å². The van der Waals surface area contributed by atoms with E-state index in [1.807, 2.05) is 0 Å². The van der Waals surface area contributed by atoms with Crippen molar-refractivity contribution >= 4 is 80.1 Å². The standard InChI is InChI=1S/C17H11BrCl2N2O3S/c18-10-3-5-14(12(7-10)16(24)25)21-17(26)22-15(23)6-2-9-1-4-11(19)8-13(9)20/h1-8H,(H,24,25)(H2,21,22,23,26). The smallest absolute Gasteiger partial charge is 0.337 e. The SMILES string of the molecule is O=C(C=Cc1ccc(Cl)cc1Cl)NC(=S)Nc1ccc(Br)cc1C(=O)O. The van der Waals surface area contributed by atoms with Crippen molar-refractivity contribution in [2.75, 3.05) is 5.32 Å². The number of rotatable bonds is 4. The lowest BCUT2D eigenvalue weighted by Gasteiger charge is -2.11. The van der Waals surface area contributed by atoms with Crippen LogP contribution in [0.1, 0.15) is 15.9 Å². The van der Waals surface area contributed by atoms with Crippen molar-refractivity contribution in [3.8, 4) is 0 Å². The summed E-state index contributed by atoms with van der Waals surface area (Å²) >= 11 is 20.1. The average Bonchev–Trinajstić information content (AvgIpc) is 2.55. The number of carbonyl (C=O) groups excluding carboxylic acids is 1.